The summed E-state index contributed by atoms with van der Waals surface area (Å²) in [5, 5.41) is 3.30. The third kappa shape index (κ3) is 6.06. The third-order valence-corrected chi connectivity index (χ3v) is 5.10. The Bertz CT molecular complexity index is 816. The minimum absolute atomic E-state index is 0. The van der Waals surface area contributed by atoms with Crippen LogP contribution in [0.2, 0.25) is 5.02 Å². The van der Waals surface area contributed by atoms with Crippen molar-refractivity contribution in [3.8, 4) is 0 Å². The fraction of sp³-hybridized carbons (Fsp3) is 0.350. The number of hydrogen-bond donors (Lipinski definition) is 2. The van der Waals surface area contributed by atoms with Crippen LogP contribution in [0.3, 0.4) is 0 Å². The van der Waals surface area contributed by atoms with E-state index in [0.29, 0.717) is 23.9 Å². The largest absolute Gasteiger partial charge is 0.340 e. The SMILES string of the molecule is CC(N)(C(=O)N1CCCC(C(=O)Nc2ccc(Cl)cn2)C1)c1ccccc1.Cl.Cl. The number of likely N-dealkylation sites (tertiary alicyclic amines) is 1. The molecule has 1 aliphatic heterocycles. The van der Waals surface area contributed by atoms with E-state index in [0.717, 1.165) is 18.4 Å². The Morgan fingerprint density at radius 1 is 1.21 bits per heavy atom. The molecule has 0 spiro atoms. The summed E-state index contributed by atoms with van der Waals surface area (Å²) in [6, 6.07) is 12.6. The number of halogens is 3. The number of nitrogens with zero attached hydrogens (tertiary/aromatic N) is 2. The molecule has 1 aromatic heterocycles. The molecule has 0 aliphatic carbocycles. The van der Waals surface area contributed by atoms with Crippen molar-refractivity contribution in [1.82, 2.24) is 9.88 Å². The van der Waals surface area contributed by atoms with E-state index < -0.39 is 5.54 Å². The lowest BCUT2D eigenvalue weighted by Crippen LogP contribution is -2.54. The van der Waals surface area contributed by atoms with Gasteiger partial charge in [-0.3, -0.25) is 9.59 Å². The van der Waals surface area contributed by atoms with Crippen LogP contribution in [0.1, 0.15) is 25.3 Å². The maximum absolute atomic E-state index is 13.0. The second-order valence-electron chi connectivity index (χ2n) is 7.01. The molecular weight excluding hydrogens is 435 g/mol. The van der Waals surface area contributed by atoms with E-state index in [9.17, 15) is 9.59 Å². The molecule has 1 saturated heterocycles. The fourth-order valence-electron chi connectivity index (χ4n) is 3.29. The van der Waals surface area contributed by atoms with Gasteiger partial charge in [0.05, 0.1) is 10.9 Å². The molecular formula is C20H25Cl3N4O2. The Hall–Kier alpha value is -1.86. The normalized spacial score (nSPS) is 17.9. The van der Waals surface area contributed by atoms with Gasteiger partial charge in [0.1, 0.15) is 11.4 Å². The van der Waals surface area contributed by atoms with Crippen LogP contribution in [0.4, 0.5) is 5.82 Å². The van der Waals surface area contributed by atoms with E-state index in [1.54, 1.807) is 24.0 Å². The molecule has 2 atom stereocenters. The summed E-state index contributed by atoms with van der Waals surface area (Å²) in [7, 11) is 0. The van der Waals surface area contributed by atoms with Crippen LogP contribution < -0.4 is 11.1 Å². The first kappa shape index (κ1) is 25.2. The van der Waals surface area contributed by atoms with Gasteiger partial charge in [0.2, 0.25) is 11.8 Å². The van der Waals surface area contributed by atoms with Crippen molar-refractivity contribution in [2.24, 2.45) is 11.7 Å². The van der Waals surface area contributed by atoms with Crippen molar-refractivity contribution in [3.05, 3.63) is 59.2 Å². The molecule has 2 unspecified atom stereocenters. The van der Waals surface area contributed by atoms with Crippen molar-refractivity contribution in [1.29, 1.82) is 0 Å². The predicted molar refractivity (Wildman–Crippen MR) is 120 cm³/mol. The number of nitrogens with two attached hydrogens (primary N) is 1. The van der Waals surface area contributed by atoms with Gasteiger partial charge < -0.3 is 16.0 Å². The van der Waals surface area contributed by atoms with E-state index in [-0.39, 0.29) is 42.5 Å². The zero-order valence-corrected chi connectivity index (χ0v) is 18.4. The molecule has 1 aliphatic rings. The number of anilines is 1. The smallest absolute Gasteiger partial charge is 0.246 e. The molecule has 0 bridgehead atoms. The van der Waals surface area contributed by atoms with Crippen molar-refractivity contribution in [2.75, 3.05) is 18.4 Å². The minimum Gasteiger partial charge on any atom is -0.340 e. The van der Waals surface area contributed by atoms with Crippen LogP contribution in [-0.4, -0.2) is 34.8 Å². The van der Waals surface area contributed by atoms with Gasteiger partial charge in [0, 0.05) is 19.3 Å². The number of carbonyl (C=O) groups is 2. The molecule has 3 rings (SSSR count). The van der Waals surface area contributed by atoms with Gasteiger partial charge in [-0.25, -0.2) is 4.98 Å². The Morgan fingerprint density at radius 3 is 2.52 bits per heavy atom. The Morgan fingerprint density at radius 2 is 1.90 bits per heavy atom. The highest BCUT2D eigenvalue weighted by molar-refractivity contribution is 6.30. The van der Waals surface area contributed by atoms with E-state index >= 15 is 0 Å². The molecule has 6 nitrogen and oxygen atoms in total. The molecule has 1 aromatic carbocycles. The number of hydrogen-bond acceptors (Lipinski definition) is 4. The zero-order chi connectivity index (χ0) is 19.4. The lowest BCUT2D eigenvalue weighted by Gasteiger charge is -2.37. The Labute approximate surface area is 188 Å². The highest BCUT2D eigenvalue weighted by Gasteiger charge is 2.37. The maximum atomic E-state index is 13.0. The highest BCUT2D eigenvalue weighted by atomic mass is 35.5. The average Bonchev–Trinajstić information content (AvgIpc) is 2.70. The second-order valence-corrected chi connectivity index (χ2v) is 7.45. The quantitative estimate of drug-likeness (QED) is 0.731. The Kier molecular flexibility index (Phi) is 9.36. The minimum atomic E-state index is -1.13. The average molecular weight is 460 g/mol. The first-order valence-electron chi connectivity index (χ1n) is 8.94. The lowest BCUT2D eigenvalue weighted by atomic mass is 9.89. The maximum Gasteiger partial charge on any atom is 0.246 e. The van der Waals surface area contributed by atoms with Crippen LogP contribution in [0.15, 0.2) is 48.7 Å². The standard InChI is InChI=1S/C20H23ClN4O2.2ClH/c1-20(22,15-7-3-2-4-8-15)19(27)25-11-5-6-14(13-25)18(26)24-17-10-9-16(21)12-23-17;;/h2-4,7-10,12,14H,5-6,11,13,22H2,1H3,(H,23,24,26);2*1H. The summed E-state index contributed by atoms with van der Waals surface area (Å²) >= 11 is 5.81. The zero-order valence-electron chi connectivity index (χ0n) is 16.0. The van der Waals surface area contributed by atoms with Gasteiger partial charge in [-0.2, -0.15) is 0 Å². The summed E-state index contributed by atoms with van der Waals surface area (Å²) in [5.74, 6) is -0.177. The predicted octanol–water partition coefficient (Wildman–Crippen LogP) is 3.63. The molecule has 2 aromatic rings. The first-order chi connectivity index (χ1) is 12.9. The molecule has 2 amide bonds. The van der Waals surface area contributed by atoms with Gasteiger partial charge in [-0.15, -0.1) is 24.8 Å². The molecule has 1 fully saturated rings. The summed E-state index contributed by atoms with van der Waals surface area (Å²) in [6.07, 6.45) is 2.95. The number of nitrogens with one attached hydrogen (secondary N) is 1. The summed E-state index contributed by atoms with van der Waals surface area (Å²) in [6.45, 7) is 2.66. The Balaban J connectivity index is 0.00000210. The van der Waals surface area contributed by atoms with Crippen LogP contribution >= 0.6 is 36.4 Å². The summed E-state index contributed by atoms with van der Waals surface area (Å²) in [4.78, 5) is 31.4. The fourth-order valence-corrected chi connectivity index (χ4v) is 3.40. The number of piperidine rings is 1. The van der Waals surface area contributed by atoms with Gasteiger partial charge in [-0.1, -0.05) is 41.9 Å². The van der Waals surface area contributed by atoms with Gasteiger partial charge in [-0.05, 0) is 37.5 Å². The van der Waals surface area contributed by atoms with Crippen LogP contribution in [0.25, 0.3) is 0 Å². The van der Waals surface area contributed by atoms with E-state index in [1.165, 1.54) is 6.20 Å². The monoisotopic (exact) mass is 458 g/mol. The van der Waals surface area contributed by atoms with Crippen molar-refractivity contribution >= 4 is 54.0 Å². The molecule has 0 saturated carbocycles. The molecule has 29 heavy (non-hydrogen) atoms. The molecule has 3 N–H and O–H groups in total. The lowest BCUT2D eigenvalue weighted by molar-refractivity contribution is -0.139. The number of aromatic nitrogens is 1. The van der Waals surface area contributed by atoms with Gasteiger partial charge >= 0.3 is 0 Å². The highest BCUT2D eigenvalue weighted by Crippen LogP contribution is 2.25. The van der Waals surface area contributed by atoms with Gasteiger partial charge in [0.25, 0.3) is 0 Å². The van der Waals surface area contributed by atoms with E-state index in [2.05, 4.69) is 10.3 Å². The van der Waals surface area contributed by atoms with Crippen molar-refractivity contribution < 1.29 is 9.59 Å². The molecule has 2 heterocycles. The molecule has 158 valence electrons. The van der Waals surface area contributed by atoms with Crippen molar-refractivity contribution in [2.45, 2.75) is 25.3 Å². The first-order valence-corrected chi connectivity index (χ1v) is 9.32. The number of pyridine rings is 1. The number of carbonyl (C=O) groups excluding carboxylic acids is 2. The number of benzene rings is 1. The third-order valence-electron chi connectivity index (χ3n) is 4.88. The van der Waals surface area contributed by atoms with E-state index in [4.69, 9.17) is 17.3 Å². The number of amides is 2. The summed E-state index contributed by atoms with van der Waals surface area (Å²) < 4.78 is 0. The molecule has 9 heteroatoms. The second kappa shape index (κ2) is 10.8. The van der Waals surface area contributed by atoms with Crippen molar-refractivity contribution in [3.63, 3.8) is 0 Å². The van der Waals surface area contributed by atoms with Crippen LogP contribution in [0.5, 0.6) is 0 Å². The van der Waals surface area contributed by atoms with Crippen LogP contribution in [0, 0.1) is 5.92 Å². The molecule has 0 radical (unpaired) electrons. The van der Waals surface area contributed by atoms with Gasteiger partial charge in [0.15, 0.2) is 0 Å². The number of rotatable bonds is 4. The van der Waals surface area contributed by atoms with E-state index in [1.807, 2.05) is 30.3 Å². The van der Waals surface area contributed by atoms with Crippen LogP contribution in [-0.2, 0) is 15.1 Å². The summed E-state index contributed by atoms with van der Waals surface area (Å²) in [5.41, 5.74) is 5.99. The topological polar surface area (TPSA) is 88.3 Å².